The molecule has 1 unspecified atom stereocenters. The second-order valence-electron chi connectivity index (χ2n) is 8.46. The average molecular weight is 393 g/mol. The number of hydrogen-bond donors (Lipinski definition) is 1. The van der Waals surface area contributed by atoms with Gasteiger partial charge in [-0.2, -0.15) is 0 Å². The number of aryl methyl sites for hydroxylation is 2. The number of hydrogen-bond acceptors (Lipinski definition) is 4. The third-order valence-electron chi connectivity index (χ3n) is 6.52. The molecule has 2 aliphatic rings. The van der Waals surface area contributed by atoms with E-state index < -0.39 is 14.6 Å². The lowest BCUT2D eigenvalue weighted by Gasteiger charge is -2.39. The molecule has 2 N–H and O–H groups in total. The maximum Gasteiger partial charge on any atom is 0.244 e. The van der Waals surface area contributed by atoms with Gasteiger partial charge >= 0.3 is 0 Å². The van der Waals surface area contributed by atoms with Crippen LogP contribution in [0.3, 0.4) is 0 Å². The molecule has 27 heavy (non-hydrogen) atoms. The van der Waals surface area contributed by atoms with Gasteiger partial charge in [-0.25, -0.2) is 8.42 Å². The standard InChI is InChI=1S/C21H32N2O3S/c1-15-6-7-16(2)19(14-15)27(25,26)21(10-4-5-11-21)20(24)23-12-8-18(9-13-23)17(3)22/h6-7,14,17-18H,4-5,8-13,22H2,1-3H3. The van der Waals surface area contributed by atoms with Crippen LogP contribution in [0.2, 0.25) is 0 Å². The molecule has 0 radical (unpaired) electrons. The summed E-state index contributed by atoms with van der Waals surface area (Å²) >= 11 is 0. The minimum Gasteiger partial charge on any atom is -0.341 e. The zero-order chi connectivity index (χ0) is 19.8. The molecule has 3 rings (SSSR count). The predicted molar refractivity (Wildman–Crippen MR) is 107 cm³/mol. The lowest BCUT2D eigenvalue weighted by Crippen LogP contribution is -2.55. The van der Waals surface area contributed by atoms with E-state index in [0.717, 1.165) is 36.8 Å². The minimum atomic E-state index is -3.75. The molecule has 1 saturated heterocycles. The predicted octanol–water partition coefficient (Wildman–Crippen LogP) is 2.98. The van der Waals surface area contributed by atoms with Gasteiger partial charge in [0.1, 0.15) is 0 Å². The first-order valence-corrected chi connectivity index (χ1v) is 11.5. The molecule has 0 spiro atoms. The highest BCUT2D eigenvalue weighted by Crippen LogP contribution is 2.43. The topological polar surface area (TPSA) is 80.5 Å². The Kier molecular flexibility index (Phi) is 5.69. The molecule has 0 aromatic heterocycles. The quantitative estimate of drug-likeness (QED) is 0.854. The summed E-state index contributed by atoms with van der Waals surface area (Å²) < 4.78 is 26.1. The summed E-state index contributed by atoms with van der Waals surface area (Å²) in [6, 6.07) is 5.58. The van der Waals surface area contributed by atoms with E-state index in [2.05, 4.69) is 0 Å². The van der Waals surface area contributed by atoms with Crippen LogP contribution in [0.4, 0.5) is 0 Å². The Bertz CT molecular complexity index is 803. The van der Waals surface area contributed by atoms with Crippen molar-refractivity contribution in [3.63, 3.8) is 0 Å². The Morgan fingerprint density at radius 1 is 1.19 bits per heavy atom. The van der Waals surface area contributed by atoms with Crippen LogP contribution < -0.4 is 5.73 Å². The van der Waals surface area contributed by atoms with Gasteiger partial charge in [0.15, 0.2) is 14.6 Å². The first kappa shape index (κ1) is 20.3. The minimum absolute atomic E-state index is 0.112. The normalized spacial score (nSPS) is 22.0. The van der Waals surface area contributed by atoms with Gasteiger partial charge in [0.25, 0.3) is 0 Å². The Morgan fingerprint density at radius 2 is 1.78 bits per heavy atom. The molecule has 1 aliphatic carbocycles. The van der Waals surface area contributed by atoms with Gasteiger partial charge in [-0.05, 0) is 69.6 Å². The van der Waals surface area contributed by atoms with E-state index in [1.807, 2.05) is 32.9 Å². The average Bonchev–Trinajstić information content (AvgIpc) is 3.14. The molecule has 5 nitrogen and oxygen atoms in total. The van der Waals surface area contributed by atoms with Crippen molar-refractivity contribution in [1.29, 1.82) is 0 Å². The number of nitrogens with two attached hydrogens (primary N) is 1. The molecule has 2 fully saturated rings. The SMILES string of the molecule is Cc1ccc(C)c(S(=O)(=O)C2(C(=O)N3CCC(C(C)N)CC3)CCCC2)c1. The summed E-state index contributed by atoms with van der Waals surface area (Å²) in [4.78, 5) is 15.6. The molecule has 150 valence electrons. The maximum absolute atomic E-state index is 13.7. The molecule has 1 aromatic rings. The summed E-state index contributed by atoms with van der Waals surface area (Å²) in [5, 5.41) is 0. The fourth-order valence-corrected chi connectivity index (χ4v) is 7.11. The van der Waals surface area contributed by atoms with Gasteiger partial charge in [-0.3, -0.25) is 4.79 Å². The molecule has 1 aromatic carbocycles. The third kappa shape index (κ3) is 3.54. The summed E-state index contributed by atoms with van der Waals surface area (Å²) in [5.74, 6) is 0.216. The van der Waals surface area contributed by atoms with Crippen LogP contribution in [0, 0.1) is 19.8 Å². The van der Waals surface area contributed by atoms with Gasteiger partial charge in [-0.1, -0.05) is 25.0 Å². The summed E-state index contributed by atoms with van der Waals surface area (Å²) in [6.07, 6.45) is 4.12. The van der Waals surface area contributed by atoms with E-state index in [1.54, 1.807) is 11.0 Å². The highest BCUT2D eigenvalue weighted by Gasteiger charge is 2.55. The largest absolute Gasteiger partial charge is 0.341 e. The molecule has 6 heteroatoms. The molecule has 1 heterocycles. The van der Waals surface area contributed by atoms with Crippen molar-refractivity contribution in [2.24, 2.45) is 11.7 Å². The van der Waals surface area contributed by atoms with Gasteiger partial charge < -0.3 is 10.6 Å². The fraction of sp³-hybridized carbons (Fsp3) is 0.667. The van der Waals surface area contributed by atoms with Crippen LogP contribution >= 0.6 is 0 Å². The first-order valence-electron chi connectivity index (χ1n) is 10.1. The van der Waals surface area contributed by atoms with Crippen molar-refractivity contribution in [3.8, 4) is 0 Å². The van der Waals surface area contributed by atoms with Gasteiger partial charge in [0, 0.05) is 19.1 Å². The van der Waals surface area contributed by atoms with Crippen LogP contribution in [0.1, 0.15) is 56.6 Å². The Balaban J connectivity index is 1.94. The Hall–Kier alpha value is -1.40. The summed E-state index contributed by atoms with van der Waals surface area (Å²) in [7, 11) is -3.75. The molecule has 1 aliphatic heterocycles. The van der Waals surface area contributed by atoms with Crippen molar-refractivity contribution in [2.45, 2.75) is 75.0 Å². The van der Waals surface area contributed by atoms with Crippen LogP contribution in [0.5, 0.6) is 0 Å². The highest BCUT2D eigenvalue weighted by atomic mass is 32.2. The Labute approximate surface area is 163 Å². The van der Waals surface area contributed by atoms with E-state index in [9.17, 15) is 13.2 Å². The zero-order valence-corrected chi connectivity index (χ0v) is 17.5. The number of piperidine rings is 1. The molecule has 1 atom stereocenters. The van der Waals surface area contributed by atoms with Crippen LogP contribution in [0.15, 0.2) is 23.1 Å². The van der Waals surface area contributed by atoms with Gasteiger partial charge in [0.05, 0.1) is 4.90 Å². The number of amides is 1. The number of rotatable bonds is 4. The van der Waals surface area contributed by atoms with E-state index in [0.29, 0.717) is 36.7 Å². The third-order valence-corrected chi connectivity index (χ3v) is 9.15. The van der Waals surface area contributed by atoms with Crippen molar-refractivity contribution >= 4 is 15.7 Å². The monoisotopic (exact) mass is 392 g/mol. The number of benzene rings is 1. The van der Waals surface area contributed by atoms with Crippen LogP contribution in [-0.2, 0) is 14.6 Å². The zero-order valence-electron chi connectivity index (χ0n) is 16.7. The summed E-state index contributed by atoms with van der Waals surface area (Å²) in [6.45, 7) is 6.92. The van der Waals surface area contributed by atoms with Gasteiger partial charge in [-0.15, -0.1) is 0 Å². The molecular formula is C21H32N2O3S. The van der Waals surface area contributed by atoms with Crippen molar-refractivity contribution < 1.29 is 13.2 Å². The van der Waals surface area contributed by atoms with E-state index in [-0.39, 0.29) is 11.9 Å². The molecular weight excluding hydrogens is 360 g/mol. The number of carbonyl (C=O) groups is 1. The Morgan fingerprint density at radius 3 is 2.33 bits per heavy atom. The lowest BCUT2D eigenvalue weighted by molar-refractivity contribution is -0.135. The number of nitrogens with zero attached hydrogens (tertiary/aromatic N) is 1. The van der Waals surface area contributed by atoms with Crippen molar-refractivity contribution in [2.75, 3.05) is 13.1 Å². The number of likely N-dealkylation sites (tertiary alicyclic amines) is 1. The highest BCUT2D eigenvalue weighted by molar-refractivity contribution is 7.93. The number of carbonyl (C=O) groups excluding carboxylic acids is 1. The first-order chi connectivity index (χ1) is 12.7. The fourth-order valence-electron chi connectivity index (χ4n) is 4.67. The van der Waals surface area contributed by atoms with Gasteiger partial charge in [0.2, 0.25) is 5.91 Å². The second kappa shape index (κ2) is 7.55. The number of sulfone groups is 1. The van der Waals surface area contributed by atoms with E-state index >= 15 is 0 Å². The molecule has 1 saturated carbocycles. The summed E-state index contributed by atoms with van der Waals surface area (Å²) in [5.41, 5.74) is 7.63. The van der Waals surface area contributed by atoms with E-state index in [1.165, 1.54) is 0 Å². The molecule has 0 bridgehead atoms. The van der Waals surface area contributed by atoms with Crippen LogP contribution in [-0.4, -0.2) is 43.1 Å². The lowest BCUT2D eigenvalue weighted by atomic mass is 9.90. The maximum atomic E-state index is 13.7. The van der Waals surface area contributed by atoms with Crippen LogP contribution in [0.25, 0.3) is 0 Å². The van der Waals surface area contributed by atoms with Crippen molar-refractivity contribution in [3.05, 3.63) is 29.3 Å². The second-order valence-corrected chi connectivity index (χ2v) is 10.7. The van der Waals surface area contributed by atoms with Crippen molar-refractivity contribution in [1.82, 2.24) is 4.90 Å². The smallest absolute Gasteiger partial charge is 0.244 e. The molecule has 1 amide bonds. The van der Waals surface area contributed by atoms with E-state index in [4.69, 9.17) is 5.73 Å².